The van der Waals surface area contributed by atoms with Gasteiger partial charge in [0.1, 0.15) is 0 Å². The summed E-state index contributed by atoms with van der Waals surface area (Å²) in [7, 11) is 0. The van der Waals surface area contributed by atoms with Gasteiger partial charge < -0.3 is 15.0 Å². The number of hydroxylamine groups is 3. The number of alkyl halides is 1. The molecule has 0 aliphatic carbocycles. The van der Waals surface area contributed by atoms with Crippen molar-refractivity contribution in [1.82, 2.24) is 0 Å². The quantitative estimate of drug-likeness (QED) is 0.322. The van der Waals surface area contributed by atoms with Crippen molar-refractivity contribution in [1.29, 1.82) is 0 Å². The minimum absolute atomic E-state index is 0.0270. The number of carboxylic acids is 1. The largest absolute Gasteiger partial charge is 0.632 e. The third-order valence-electron chi connectivity index (χ3n) is 2.34. The van der Waals surface area contributed by atoms with E-state index in [9.17, 15) is 10.0 Å². The standard InChI is InChI=1S/C8H12ClNO3/c1-6(5-9)7(8(11)12)10(13)3-2-4-10/h7H,1-5H2,(H,11,12). The molecule has 0 amide bonds. The zero-order valence-corrected chi connectivity index (χ0v) is 7.96. The Morgan fingerprint density at radius 3 is 2.46 bits per heavy atom. The molecule has 5 heteroatoms. The van der Waals surface area contributed by atoms with E-state index >= 15 is 0 Å². The molecule has 0 saturated carbocycles. The first-order valence-electron chi connectivity index (χ1n) is 4.05. The lowest BCUT2D eigenvalue weighted by atomic mass is 10.0. The predicted octanol–water partition coefficient (Wildman–Crippen LogP) is 0.953. The highest BCUT2D eigenvalue weighted by Gasteiger charge is 2.41. The van der Waals surface area contributed by atoms with Gasteiger partial charge in [0.2, 0.25) is 6.04 Å². The molecule has 1 atom stereocenters. The van der Waals surface area contributed by atoms with Crippen LogP contribution in [0.5, 0.6) is 0 Å². The number of aliphatic carboxylic acids is 1. The predicted molar refractivity (Wildman–Crippen MR) is 49.3 cm³/mol. The lowest BCUT2D eigenvalue weighted by molar-refractivity contribution is -0.929. The van der Waals surface area contributed by atoms with Crippen molar-refractivity contribution < 1.29 is 14.5 Å². The SMILES string of the molecule is C=C(CCl)C(C(=O)O)[N+]1([O-])CCC1. The van der Waals surface area contributed by atoms with Crippen molar-refractivity contribution >= 4 is 17.6 Å². The number of carbonyl (C=O) groups is 1. The van der Waals surface area contributed by atoms with Crippen molar-refractivity contribution in [3.8, 4) is 0 Å². The summed E-state index contributed by atoms with van der Waals surface area (Å²) in [5, 5.41) is 20.6. The smallest absolute Gasteiger partial charge is 0.367 e. The van der Waals surface area contributed by atoms with Crippen molar-refractivity contribution in [2.75, 3.05) is 19.0 Å². The van der Waals surface area contributed by atoms with Crippen LogP contribution in [-0.2, 0) is 4.79 Å². The van der Waals surface area contributed by atoms with Crippen LogP contribution < -0.4 is 0 Å². The average molecular weight is 206 g/mol. The first kappa shape index (κ1) is 10.5. The van der Waals surface area contributed by atoms with Crippen LogP contribution in [0.25, 0.3) is 0 Å². The fraction of sp³-hybridized carbons (Fsp3) is 0.625. The van der Waals surface area contributed by atoms with Gasteiger partial charge in [-0.25, -0.2) is 4.79 Å². The van der Waals surface area contributed by atoms with Gasteiger partial charge in [0.15, 0.2) is 0 Å². The molecule has 0 aromatic heterocycles. The lowest BCUT2D eigenvalue weighted by Crippen LogP contribution is -2.62. The maximum absolute atomic E-state index is 11.7. The Hall–Kier alpha value is -0.580. The molecule has 1 rings (SSSR count). The van der Waals surface area contributed by atoms with Crippen LogP contribution in [0.15, 0.2) is 12.2 Å². The Labute approximate surface area is 81.6 Å². The Morgan fingerprint density at radius 2 is 2.23 bits per heavy atom. The third-order valence-corrected chi connectivity index (χ3v) is 2.68. The van der Waals surface area contributed by atoms with Crippen LogP contribution in [0.1, 0.15) is 6.42 Å². The van der Waals surface area contributed by atoms with Gasteiger partial charge >= 0.3 is 5.97 Å². The lowest BCUT2D eigenvalue weighted by Gasteiger charge is -2.53. The van der Waals surface area contributed by atoms with Crippen LogP contribution in [0.3, 0.4) is 0 Å². The Bertz CT molecular complexity index is 238. The second-order valence-electron chi connectivity index (χ2n) is 3.29. The van der Waals surface area contributed by atoms with Gasteiger partial charge in [0, 0.05) is 17.9 Å². The van der Waals surface area contributed by atoms with E-state index in [4.69, 9.17) is 16.7 Å². The Balaban J connectivity index is 2.79. The van der Waals surface area contributed by atoms with E-state index in [2.05, 4.69) is 6.58 Å². The molecule has 0 aromatic carbocycles. The summed E-state index contributed by atoms with van der Waals surface area (Å²) in [4.78, 5) is 10.8. The summed E-state index contributed by atoms with van der Waals surface area (Å²) in [6.45, 7) is 4.22. The highest BCUT2D eigenvalue weighted by molar-refractivity contribution is 6.19. The molecular weight excluding hydrogens is 194 g/mol. The summed E-state index contributed by atoms with van der Waals surface area (Å²) in [5.41, 5.74) is 0.295. The van der Waals surface area contributed by atoms with Crippen LogP contribution in [0.2, 0.25) is 0 Å². The van der Waals surface area contributed by atoms with Crippen LogP contribution >= 0.6 is 11.6 Å². The van der Waals surface area contributed by atoms with E-state index in [1.807, 2.05) is 0 Å². The molecule has 1 aliphatic heterocycles. The molecule has 1 saturated heterocycles. The van der Waals surface area contributed by atoms with Gasteiger partial charge in [0.25, 0.3) is 0 Å². The molecule has 0 bridgehead atoms. The van der Waals surface area contributed by atoms with Crippen LogP contribution in [0, 0.1) is 5.21 Å². The average Bonchev–Trinajstić information content (AvgIpc) is 2.00. The Morgan fingerprint density at radius 1 is 1.69 bits per heavy atom. The number of hydrogen-bond donors (Lipinski definition) is 1. The summed E-state index contributed by atoms with van der Waals surface area (Å²) < 4.78 is -0.694. The van der Waals surface area contributed by atoms with Crippen molar-refractivity contribution in [3.05, 3.63) is 17.4 Å². The number of hydrogen-bond acceptors (Lipinski definition) is 2. The molecule has 1 aliphatic rings. The number of carboxylic acid groups (broad SMARTS) is 1. The maximum Gasteiger partial charge on any atom is 0.367 e. The summed E-state index contributed by atoms with van der Waals surface area (Å²) in [5.74, 6) is -1.10. The number of halogens is 1. The number of rotatable bonds is 4. The van der Waals surface area contributed by atoms with Gasteiger partial charge in [-0.05, 0) is 0 Å². The van der Waals surface area contributed by atoms with Gasteiger partial charge in [-0.2, -0.15) is 0 Å². The molecule has 1 unspecified atom stereocenters. The molecule has 74 valence electrons. The van der Waals surface area contributed by atoms with E-state index in [1.165, 1.54) is 0 Å². The molecule has 4 nitrogen and oxygen atoms in total. The third kappa shape index (κ3) is 1.85. The summed E-state index contributed by atoms with van der Waals surface area (Å²) >= 11 is 5.47. The summed E-state index contributed by atoms with van der Waals surface area (Å²) in [6, 6.07) is -1.08. The number of nitrogens with zero attached hydrogens (tertiary/aromatic N) is 1. The molecule has 1 heterocycles. The minimum Gasteiger partial charge on any atom is -0.632 e. The second kappa shape index (κ2) is 3.65. The fourth-order valence-corrected chi connectivity index (χ4v) is 1.66. The van der Waals surface area contributed by atoms with Crippen molar-refractivity contribution in [3.63, 3.8) is 0 Å². The molecular formula is C8H12ClNO3. The van der Waals surface area contributed by atoms with E-state index in [1.54, 1.807) is 0 Å². The minimum atomic E-state index is -1.12. The Kier molecular flexibility index (Phi) is 2.95. The molecule has 0 radical (unpaired) electrons. The van der Waals surface area contributed by atoms with Crippen molar-refractivity contribution in [2.45, 2.75) is 12.5 Å². The van der Waals surface area contributed by atoms with E-state index in [0.717, 1.165) is 6.42 Å². The van der Waals surface area contributed by atoms with Crippen LogP contribution in [0.4, 0.5) is 0 Å². The molecule has 1 N–H and O–H groups in total. The monoisotopic (exact) mass is 205 g/mol. The van der Waals surface area contributed by atoms with E-state index in [0.29, 0.717) is 18.7 Å². The second-order valence-corrected chi connectivity index (χ2v) is 3.55. The number of quaternary nitrogens is 1. The van der Waals surface area contributed by atoms with Gasteiger partial charge in [-0.15, -0.1) is 11.6 Å². The highest BCUT2D eigenvalue weighted by Crippen LogP contribution is 2.27. The molecule has 0 aromatic rings. The molecule has 0 spiro atoms. The highest BCUT2D eigenvalue weighted by atomic mass is 35.5. The first-order valence-corrected chi connectivity index (χ1v) is 4.59. The van der Waals surface area contributed by atoms with Crippen LogP contribution in [-0.4, -0.2) is 40.7 Å². The zero-order valence-electron chi connectivity index (χ0n) is 7.20. The summed E-state index contributed by atoms with van der Waals surface area (Å²) in [6.07, 6.45) is 0.781. The molecule has 13 heavy (non-hydrogen) atoms. The maximum atomic E-state index is 11.7. The number of likely N-dealkylation sites (tertiary alicyclic amines) is 1. The van der Waals surface area contributed by atoms with E-state index < -0.39 is 16.7 Å². The van der Waals surface area contributed by atoms with Gasteiger partial charge in [-0.3, -0.25) is 0 Å². The van der Waals surface area contributed by atoms with Gasteiger partial charge in [0.05, 0.1) is 13.1 Å². The van der Waals surface area contributed by atoms with Crippen molar-refractivity contribution in [2.24, 2.45) is 0 Å². The zero-order chi connectivity index (χ0) is 10.1. The topological polar surface area (TPSA) is 60.4 Å². The normalized spacial score (nSPS) is 21.7. The van der Waals surface area contributed by atoms with E-state index in [-0.39, 0.29) is 5.88 Å². The molecule has 1 fully saturated rings. The fourth-order valence-electron chi connectivity index (χ4n) is 1.51. The van der Waals surface area contributed by atoms with Gasteiger partial charge in [-0.1, -0.05) is 6.58 Å². The first-order chi connectivity index (χ1) is 6.01.